The van der Waals surface area contributed by atoms with E-state index in [9.17, 15) is 9.18 Å². The first-order valence-corrected chi connectivity index (χ1v) is 10.6. The minimum Gasteiger partial charge on any atom is -0.487 e. The van der Waals surface area contributed by atoms with Gasteiger partial charge in [0.05, 0.1) is 11.2 Å². The first-order valence-electron chi connectivity index (χ1n) is 8.72. The van der Waals surface area contributed by atoms with E-state index in [0.29, 0.717) is 24.6 Å². The number of nitrogens with zero attached hydrogens (tertiary/aromatic N) is 1. The number of thiazole rings is 1. The SMILES string of the molecule is O=C(NCCCSc1ccc(F)cc1)Nc1cccc(OCc2cscn2)c1. The van der Waals surface area contributed by atoms with Crippen molar-refractivity contribution in [2.45, 2.75) is 17.9 Å². The average molecular weight is 418 g/mol. The van der Waals surface area contributed by atoms with Crippen molar-refractivity contribution in [3.05, 3.63) is 70.9 Å². The van der Waals surface area contributed by atoms with E-state index in [1.54, 1.807) is 41.5 Å². The van der Waals surface area contributed by atoms with Crippen molar-refractivity contribution in [3.63, 3.8) is 0 Å². The van der Waals surface area contributed by atoms with E-state index >= 15 is 0 Å². The van der Waals surface area contributed by atoms with Crippen LogP contribution in [0.15, 0.2) is 64.3 Å². The van der Waals surface area contributed by atoms with Crippen molar-refractivity contribution < 1.29 is 13.9 Å². The number of anilines is 1. The lowest BCUT2D eigenvalue weighted by Crippen LogP contribution is -2.29. The molecule has 0 saturated carbocycles. The maximum absolute atomic E-state index is 12.9. The Balaban J connectivity index is 1.35. The van der Waals surface area contributed by atoms with Crippen molar-refractivity contribution >= 4 is 34.8 Å². The van der Waals surface area contributed by atoms with E-state index in [0.717, 1.165) is 22.8 Å². The molecule has 0 bridgehead atoms. The quantitative estimate of drug-likeness (QED) is 0.373. The Kier molecular flexibility index (Phi) is 7.69. The highest BCUT2D eigenvalue weighted by atomic mass is 32.2. The molecule has 0 aliphatic carbocycles. The number of hydrogen-bond acceptors (Lipinski definition) is 5. The first kappa shape index (κ1) is 20.2. The summed E-state index contributed by atoms with van der Waals surface area (Å²) in [6.45, 7) is 0.949. The van der Waals surface area contributed by atoms with Crippen LogP contribution >= 0.6 is 23.1 Å². The number of urea groups is 1. The maximum Gasteiger partial charge on any atom is 0.319 e. The van der Waals surface area contributed by atoms with Gasteiger partial charge in [0.25, 0.3) is 0 Å². The first-order chi connectivity index (χ1) is 13.7. The number of carbonyl (C=O) groups is 1. The summed E-state index contributed by atoms with van der Waals surface area (Å²) in [5.74, 6) is 1.27. The zero-order valence-electron chi connectivity index (χ0n) is 15.1. The smallest absolute Gasteiger partial charge is 0.319 e. The highest BCUT2D eigenvalue weighted by Gasteiger charge is 2.04. The van der Waals surface area contributed by atoms with E-state index in [1.165, 1.54) is 23.5 Å². The highest BCUT2D eigenvalue weighted by molar-refractivity contribution is 7.99. The molecule has 28 heavy (non-hydrogen) atoms. The van der Waals surface area contributed by atoms with Gasteiger partial charge in [-0.25, -0.2) is 14.2 Å². The van der Waals surface area contributed by atoms with Crippen LogP contribution < -0.4 is 15.4 Å². The van der Waals surface area contributed by atoms with Gasteiger partial charge in [-0.2, -0.15) is 0 Å². The van der Waals surface area contributed by atoms with Gasteiger partial charge in [0, 0.05) is 28.6 Å². The minimum atomic E-state index is -0.261. The summed E-state index contributed by atoms with van der Waals surface area (Å²) < 4.78 is 18.5. The second kappa shape index (κ2) is 10.7. The van der Waals surface area contributed by atoms with Gasteiger partial charge >= 0.3 is 6.03 Å². The average Bonchev–Trinajstić information content (AvgIpc) is 3.21. The molecule has 0 fully saturated rings. The molecule has 3 rings (SSSR count). The van der Waals surface area contributed by atoms with E-state index in [-0.39, 0.29) is 11.8 Å². The lowest BCUT2D eigenvalue weighted by Gasteiger charge is -2.10. The zero-order valence-corrected chi connectivity index (χ0v) is 16.7. The van der Waals surface area contributed by atoms with Crippen molar-refractivity contribution in [3.8, 4) is 5.75 Å². The fourth-order valence-electron chi connectivity index (χ4n) is 2.30. The predicted octanol–water partition coefficient (Wildman–Crippen LogP) is 5.17. The fraction of sp³-hybridized carbons (Fsp3) is 0.200. The Bertz CT molecular complexity index is 873. The van der Waals surface area contributed by atoms with Crippen LogP contribution in [0.5, 0.6) is 5.75 Å². The van der Waals surface area contributed by atoms with Crippen molar-refractivity contribution in [2.24, 2.45) is 0 Å². The third-order valence-corrected chi connectivity index (χ3v) is 5.38. The summed E-state index contributed by atoms with van der Waals surface area (Å²) in [5.41, 5.74) is 3.30. The molecular formula is C20H20FN3O2S2. The van der Waals surface area contributed by atoms with Crippen LogP contribution in [-0.4, -0.2) is 23.3 Å². The number of ether oxygens (including phenoxy) is 1. The molecule has 8 heteroatoms. The van der Waals surface area contributed by atoms with Crippen LogP contribution in [-0.2, 0) is 6.61 Å². The number of carbonyl (C=O) groups excluding carboxylic acids is 1. The Morgan fingerprint density at radius 3 is 2.86 bits per heavy atom. The van der Waals surface area contributed by atoms with Gasteiger partial charge in [-0.15, -0.1) is 23.1 Å². The number of benzene rings is 2. The largest absolute Gasteiger partial charge is 0.487 e. The zero-order chi connectivity index (χ0) is 19.6. The number of thioether (sulfide) groups is 1. The third kappa shape index (κ3) is 6.86. The van der Waals surface area contributed by atoms with Crippen molar-refractivity contribution in [1.82, 2.24) is 10.3 Å². The van der Waals surface area contributed by atoms with E-state index in [2.05, 4.69) is 15.6 Å². The Morgan fingerprint density at radius 2 is 2.07 bits per heavy atom. The molecule has 3 aromatic rings. The standard InChI is InChI=1S/C20H20FN3O2S2/c21-15-5-7-19(8-6-15)28-10-2-9-22-20(25)24-16-3-1-4-18(11-16)26-12-17-13-27-14-23-17/h1,3-8,11,13-14H,2,9-10,12H2,(H2,22,24,25). The Hall–Kier alpha value is -2.58. The summed E-state index contributed by atoms with van der Waals surface area (Å²) in [5, 5.41) is 7.56. The van der Waals surface area contributed by atoms with Gasteiger partial charge in [-0.3, -0.25) is 0 Å². The highest BCUT2D eigenvalue weighted by Crippen LogP contribution is 2.19. The molecule has 0 atom stereocenters. The summed E-state index contributed by atoms with van der Waals surface area (Å²) in [6.07, 6.45) is 0.812. The van der Waals surface area contributed by atoms with E-state index in [1.807, 2.05) is 17.5 Å². The topological polar surface area (TPSA) is 63.2 Å². The number of rotatable bonds is 9. The molecule has 2 amide bonds. The molecule has 0 saturated heterocycles. The van der Waals surface area contributed by atoms with Crippen LogP contribution in [0.2, 0.25) is 0 Å². The third-order valence-electron chi connectivity index (χ3n) is 3.65. The van der Waals surface area contributed by atoms with E-state index < -0.39 is 0 Å². The van der Waals surface area contributed by atoms with Crippen LogP contribution in [0.4, 0.5) is 14.9 Å². The normalized spacial score (nSPS) is 10.5. The maximum atomic E-state index is 12.9. The number of halogens is 1. The Morgan fingerprint density at radius 1 is 1.21 bits per heavy atom. The van der Waals surface area contributed by atoms with Crippen molar-refractivity contribution in [2.75, 3.05) is 17.6 Å². The van der Waals surface area contributed by atoms with E-state index in [4.69, 9.17) is 4.74 Å². The summed E-state index contributed by atoms with van der Waals surface area (Å²) in [6, 6.07) is 13.4. The molecule has 1 heterocycles. The molecule has 5 nitrogen and oxygen atoms in total. The number of nitrogens with one attached hydrogen (secondary N) is 2. The summed E-state index contributed by atoms with van der Waals surface area (Å²) in [7, 11) is 0. The van der Waals surface area contributed by atoms with Gasteiger partial charge in [0.1, 0.15) is 18.2 Å². The van der Waals surface area contributed by atoms with Crippen LogP contribution in [0.1, 0.15) is 12.1 Å². The molecule has 2 aromatic carbocycles. The number of amides is 2. The second-order valence-electron chi connectivity index (χ2n) is 5.83. The molecule has 0 aliphatic heterocycles. The monoisotopic (exact) mass is 417 g/mol. The van der Waals surface area contributed by atoms with Gasteiger partial charge in [-0.05, 0) is 48.6 Å². The van der Waals surface area contributed by atoms with Gasteiger partial charge in [0.2, 0.25) is 0 Å². The molecule has 0 radical (unpaired) electrons. The lowest BCUT2D eigenvalue weighted by molar-refractivity contribution is 0.252. The summed E-state index contributed by atoms with van der Waals surface area (Å²) in [4.78, 5) is 17.2. The predicted molar refractivity (Wildman–Crippen MR) is 112 cm³/mol. The van der Waals surface area contributed by atoms with Gasteiger partial charge in [-0.1, -0.05) is 6.07 Å². The second-order valence-corrected chi connectivity index (χ2v) is 7.72. The molecule has 1 aromatic heterocycles. The van der Waals surface area contributed by atoms with Crippen LogP contribution in [0, 0.1) is 5.82 Å². The molecule has 0 spiro atoms. The molecule has 146 valence electrons. The van der Waals surface area contributed by atoms with Crippen LogP contribution in [0.25, 0.3) is 0 Å². The Labute approximate surface area is 171 Å². The number of aromatic nitrogens is 1. The van der Waals surface area contributed by atoms with Crippen molar-refractivity contribution in [1.29, 1.82) is 0 Å². The van der Waals surface area contributed by atoms with Crippen LogP contribution in [0.3, 0.4) is 0 Å². The molecule has 2 N–H and O–H groups in total. The molecule has 0 aliphatic rings. The van der Waals surface area contributed by atoms with Gasteiger partial charge < -0.3 is 15.4 Å². The number of hydrogen-bond donors (Lipinski definition) is 2. The summed E-state index contributed by atoms with van der Waals surface area (Å²) >= 11 is 3.16. The lowest BCUT2D eigenvalue weighted by atomic mass is 10.3. The van der Waals surface area contributed by atoms with Gasteiger partial charge in [0.15, 0.2) is 0 Å². The molecular weight excluding hydrogens is 397 g/mol. The fourth-order valence-corrected chi connectivity index (χ4v) is 3.70. The molecule has 0 unspecified atom stereocenters. The minimum absolute atomic E-state index is 0.236.